The molecule has 0 aromatic heterocycles. The molecule has 0 atom stereocenters. The molecule has 0 saturated carbocycles. The molecule has 0 saturated heterocycles. The highest BCUT2D eigenvalue weighted by Gasteiger charge is 2.30. The Hall–Kier alpha value is -0.780. The summed E-state index contributed by atoms with van der Waals surface area (Å²) in [5, 5.41) is 0.586. The van der Waals surface area contributed by atoms with Crippen LogP contribution in [0.2, 0.25) is 0 Å². The molecule has 1 rings (SSSR count). The highest BCUT2D eigenvalue weighted by Crippen LogP contribution is 2.34. The number of benzene rings is 1. The van der Waals surface area contributed by atoms with Gasteiger partial charge in [0.2, 0.25) is 11.6 Å². The van der Waals surface area contributed by atoms with Crippen LogP contribution in [0.25, 0.3) is 0 Å². The number of alkyl halides is 1. The second kappa shape index (κ2) is 8.01. The van der Waals surface area contributed by atoms with Crippen molar-refractivity contribution in [3.8, 4) is 5.75 Å². The summed E-state index contributed by atoms with van der Waals surface area (Å²) in [6.07, 6.45) is 3.31. The fraction of sp³-hybridized carbons (Fsp3) is 0.600. The van der Waals surface area contributed by atoms with E-state index in [9.17, 15) is 17.6 Å². The first-order valence-corrected chi connectivity index (χ1v) is 8.04. The largest absolute Gasteiger partial charge is 0.487 e. The van der Waals surface area contributed by atoms with Crippen molar-refractivity contribution in [3.05, 3.63) is 29.3 Å². The van der Waals surface area contributed by atoms with E-state index in [-0.39, 0.29) is 18.1 Å². The summed E-state index contributed by atoms with van der Waals surface area (Å²) >= 11 is 3.40. The van der Waals surface area contributed by atoms with Crippen molar-refractivity contribution in [2.75, 3.05) is 11.9 Å². The molecule has 0 radical (unpaired) electrons. The monoisotopic (exact) mass is 370 g/mol. The van der Waals surface area contributed by atoms with Gasteiger partial charge in [0.15, 0.2) is 17.4 Å². The van der Waals surface area contributed by atoms with Gasteiger partial charge >= 0.3 is 0 Å². The Labute approximate surface area is 130 Å². The SMILES string of the molecule is CCCC(CBr)(CCC)COc1c(F)c(F)cc(F)c1F. The van der Waals surface area contributed by atoms with Gasteiger partial charge in [-0.3, -0.25) is 0 Å². The first-order valence-electron chi connectivity index (χ1n) is 6.92. The Morgan fingerprint density at radius 2 is 1.48 bits per heavy atom. The molecule has 120 valence electrons. The van der Waals surface area contributed by atoms with Crippen LogP contribution in [0.15, 0.2) is 6.07 Å². The Kier molecular flexibility index (Phi) is 6.97. The van der Waals surface area contributed by atoms with E-state index in [1.54, 1.807) is 0 Å². The molecular weight excluding hydrogens is 352 g/mol. The maximum absolute atomic E-state index is 13.6. The summed E-state index contributed by atoms with van der Waals surface area (Å²) in [6.45, 7) is 3.99. The van der Waals surface area contributed by atoms with Crippen molar-refractivity contribution in [1.82, 2.24) is 0 Å². The lowest BCUT2D eigenvalue weighted by Crippen LogP contribution is -2.31. The fourth-order valence-corrected chi connectivity index (χ4v) is 3.13. The molecule has 0 aliphatic carbocycles. The maximum Gasteiger partial charge on any atom is 0.203 e. The minimum atomic E-state index is -1.50. The molecule has 6 heteroatoms. The molecule has 0 fully saturated rings. The van der Waals surface area contributed by atoms with Gasteiger partial charge in [-0.05, 0) is 12.8 Å². The van der Waals surface area contributed by atoms with Gasteiger partial charge in [-0.25, -0.2) is 8.78 Å². The maximum atomic E-state index is 13.6. The summed E-state index contributed by atoms with van der Waals surface area (Å²) in [5.74, 6) is -6.89. The molecular formula is C15H19BrF4O. The number of hydrogen-bond donors (Lipinski definition) is 0. The molecule has 0 heterocycles. The zero-order valence-corrected chi connectivity index (χ0v) is 13.7. The van der Waals surface area contributed by atoms with E-state index in [2.05, 4.69) is 15.9 Å². The van der Waals surface area contributed by atoms with Crippen LogP contribution < -0.4 is 4.74 Å². The average molecular weight is 371 g/mol. The van der Waals surface area contributed by atoms with Crippen LogP contribution in [0.5, 0.6) is 5.75 Å². The molecule has 0 aliphatic heterocycles. The molecule has 21 heavy (non-hydrogen) atoms. The van der Waals surface area contributed by atoms with Crippen LogP contribution in [0, 0.1) is 28.7 Å². The molecule has 0 unspecified atom stereocenters. The summed E-state index contributed by atoms with van der Waals surface area (Å²) in [4.78, 5) is 0. The average Bonchev–Trinajstić information content (AvgIpc) is 2.45. The summed E-state index contributed by atoms with van der Waals surface area (Å²) in [5.41, 5.74) is -0.314. The molecule has 0 amide bonds. The van der Waals surface area contributed by atoms with Gasteiger partial charge in [0.1, 0.15) is 0 Å². The minimum absolute atomic E-state index is 0.00331. The fourth-order valence-electron chi connectivity index (χ4n) is 2.41. The van der Waals surface area contributed by atoms with Gasteiger partial charge in [0.05, 0.1) is 6.61 Å². The molecule has 1 aromatic carbocycles. The predicted molar refractivity (Wildman–Crippen MR) is 77.8 cm³/mol. The molecule has 0 bridgehead atoms. The lowest BCUT2D eigenvalue weighted by molar-refractivity contribution is 0.133. The smallest absolute Gasteiger partial charge is 0.203 e. The predicted octanol–water partition coefficient (Wildman–Crippen LogP) is 5.60. The Bertz CT molecular complexity index is 447. The molecule has 1 nitrogen and oxygen atoms in total. The zero-order chi connectivity index (χ0) is 16.0. The van der Waals surface area contributed by atoms with Gasteiger partial charge in [-0.15, -0.1) is 0 Å². The number of halogens is 5. The van der Waals surface area contributed by atoms with Crippen molar-refractivity contribution < 1.29 is 22.3 Å². The van der Waals surface area contributed by atoms with Gasteiger partial charge in [-0.2, -0.15) is 8.78 Å². The molecule has 1 aromatic rings. The van der Waals surface area contributed by atoms with Crippen LogP contribution >= 0.6 is 15.9 Å². The van der Waals surface area contributed by atoms with E-state index in [0.717, 1.165) is 25.7 Å². The highest BCUT2D eigenvalue weighted by molar-refractivity contribution is 9.09. The van der Waals surface area contributed by atoms with Crippen LogP contribution in [0.4, 0.5) is 17.6 Å². The minimum Gasteiger partial charge on any atom is -0.487 e. The lowest BCUT2D eigenvalue weighted by Gasteiger charge is -2.31. The summed E-state index contributed by atoms with van der Waals surface area (Å²) < 4.78 is 58.6. The number of ether oxygens (including phenoxy) is 1. The van der Waals surface area contributed by atoms with Crippen molar-refractivity contribution in [2.45, 2.75) is 39.5 Å². The third-order valence-electron chi connectivity index (χ3n) is 3.44. The molecule has 0 N–H and O–H groups in total. The normalized spacial score (nSPS) is 11.8. The van der Waals surface area contributed by atoms with E-state index in [1.807, 2.05) is 13.8 Å². The standard InChI is InChI=1S/C15H19BrF4O/c1-3-5-15(8-16,6-4-2)9-21-14-12(19)10(17)7-11(18)13(14)20/h7H,3-6,8-9H2,1-2H3. The topological polar surface area (TPSA) is 9.23 Å². The lowest BCUT2D eigenvalue weighted by atomic mass is 9.82. The van der Waals surface area contributed by atoms with Crippen molar-refractivity contribution in [1.29, 1.82) is 0 Å². The number of rotatable bonds is 8. The van der Waals surface area contributed by atoms with Crippen molar-refractivity contribution in [2.24, 2.45) is 5.41 Å². The van der Waals surface area contributed by atoms with Gasteiger partial charge in [0.25, 0.3) is 0 Å². The molecule has 0 spiro atoms. The van der Waals surface area contributed by atoms with E-state index in [0.29, 0.717) is 5.33 Å². The van der Waals surface area contributed by atoms with Crippen LogP contribution in [-0.4, -0.2) is 11.9 Å². The Morgan fingerprint density at radius 1 is 1.00 bits per heavy atom. The van der Waals surface area contributed by atoms with E-state index in [1.165, 1.54) is 0 Å². The second-order valence-electron chi connectivity index (χ2n) is 5.22. The van der Waals surface area contributed by atoms with Gasteiger partial charge < -0.3 is 4.74 Å². The summed E-state index contributed by atoms with van der Waals surface area (Å²) in [7, 11) is 0. The Morgan fingerprint density at radius 3 is 1.86 bits per heavy atom. The quantitative estimate of drug-likeness (QED) is 0.328. The van der Waals surface area contributed by atoms with Crippen LogP contribution in [-0.2, 0) is 0 Å². The second-order valence-corrected chi connectivity index (χ2v) is 5.78. The van der Waals surface area contributed by atoms with Crippen molar-refractivity contribution in [3.63, 3.8) is 0 Å². The first-order chi connectivity index (χ1) is 9.90. The number of hydrogen-bond acceptors (Lipinski definition) is 1. The highest BCUT2D eigenvalue weighted by atomic mass is 79.9. The van der Waals surface area contributed by atoms with Crippen LogP contribution in [0.3, 0.4) is 0 Å². The third-order valence-corrected chi connectivity index (χ3v) is 4.63. The zero-order valence-electron chi connectivity index (χ0n) is 12.1. The van der Waals surface area contributed by atoms with Crippen molar-refractivity contribution >= 4 is 15.9 Å². The summed E-state index contributed by atoms with van der Waals surface area (Å²) in [6, 6.07) is 0.174. The first kappa shape index (κ1) is 18.3. The van der Waals surface area contributed by atoms with Gasteiger partial charge in [0, 0.05) is 16.8 Å². The Balaban J connectivity index is 3.00. The van der Waals surface area contributed by atoms with E-state index in [4.69, 9.17) is 4.74 Å². The third kappa shape index (κ3) is 4.34. The molecule has 0 aliphatic rings. The van der Waals surface area contributed by atoms with E-state index < -0.39 is 29.0 Å². The van der Waals surface area contributed by atoms with E-state index >= 15 is 0 Å². The van der Waals surface area contributed by atoms with Crippen LogP contribution in [0.1, 0.15) is 39.5 Å². The van der Waals surface area contributed by atoms with Gasteiger partial charge in [-0.1, -0.05) is 42.6 Å².